The maximum atomic E-state index is 12.4. The third-order valence-corrected chi connectivity index (χ3v) is 3.63. The van der Waals surface area contributed by atoms with Crippen LogP contribution >= 0.6 is 0 Å². The molecule has 1 aliphatic rings. The van der Waals surface area contributed by atoms with Gasteiger partial charge in [-0.1, -0.05) is 25.1 Å². The smallest absolute Gasteiger partial charge is 0.241 e. The molecule has 0 radical (unpaired) electrons. The van der Waals surface area contributed by atoms with Gasteiger partial charge in [-0.25, -0.2) is 0 Å². The van der Waals surface area contributed by atoms with Gasteiger partial charge in [0.2, 0.25) is 5.91 Å². The molecule has 3 N–H and O–H groups in total. The minimum atomic E-state index is -0.0594. The van der Waals surface area contributed by atoms with Crippen molar-refractivity contribution in [3.05, 3.63) is 29.8 Å². The Balaban J connectivity index is 2.14. The van der Waals surface area contributed by atoms with E-state index in [2.05, 4.69) is 23.2 Å². The lowest BCUT2D eigenvalue weighted by Crippen LogP contribution is -2.46. The number of nitrogens with two attached hydrogens (primary N) is 1. The van der Waals surface area contributed by atoms with Gasteiger partial charge in [0.25, 0.3) is 0 Å². The van der Waals surface area contributed by atoms with Crippen molar-refractivity contribution < 1.29 is 4.79 Å². The fourth-order valence-corrected chi connectivity index (χ4v) is 2.72. The Hall–Kier alpha value is -1.39. The molecule has 1 heterocycles. The molecule has 0 saturated carbocycles. The van der Waals surface area contributed by atoms with Crippen molar-refractivity contribution in [2.24, 2.45) is 5.73 Å². The highest BCUT2D eigenvalue weighted by atomic mass is 16.2. The predicted octanol–water partition coefficient (Wildman–Crippen LogP) is 1.61. The molecule has 0 spiro atoms. The fraction of sp³-hybridized carbons (Fsp3) is 0.533. The molecule has 1 aromatic rings. The maximum absolute atomic E-state index is 12.4. The molecule has 1 aromatic carbocycles. The van der Waals surface area contributed by atoms with Crippen molar-refractivity contribution in [2.45, 2.75) is 32.2 Å². The average Bonchev–Trinajstić information content (AvgIpc) is 2.57. The van der Waals surface area contributed by atoms with E-state index in [1.807, 2.05) is 18.2 Å². The van der Waals surface area contributed by atoms with Gasteiger partial charge in [-0.15, -0.1) is 0 Å². The minimum Gasteiger partial charge on any atom is -0.329 e. The van der Waals surface area contributed by atoms with Gasteiger partial charge in [0.15, 0.2) is 0 Å². The molecule has 2 rings (SSSR count). The summed E-state index contributed by atoms with van der Waals surface area (Å²) in [6.45, 7) is 4.43. The van der Waals surface area contributed by atoms with Crippen LogP contribution in [0.2, 0.25) is 0 Å². The maximum Gasteiger partial charge on any atom is 0.241 e. The second-order valence-electron chi connectivity index (χ2n) is 5.03. The largest absolute Gasteiger partial charge is 0.329 e. The fourth-order valence-electron chi connectivity index (χ4n) is 2.72. The van der Waals surface area contributed by atoms with Crippen molar-refractivity contribution in [3.63, 3.8) is 0 Å². The van der Waals surface area contributed by atoms with Crippen LogP contribution in [-0.4, -0.2) is 36.5 Å². The zero-order valence-electron chi connectivity index (χ0n) is 11.6. The van der Waals surface area contributed by atoms with Crippen molar-refractivity contribution in [2.75, 3.05) is 25.0 Å². The van der Waals surface area contributed by atoms with E-state index < -0.39 is 0 Å². The predicted molar refractivity (Wildman–Crippen MR) is 78.1 cm³/mol. The molecule has 4 nitrogen and oxygen atoms in total. The lowest BCUT2D eigenvalue weighted by atomic mass is 10.0. The summed E-state index contributed by atoms with van der Waals surface area (Å²) >= 11 is 0. The number of rotatable bonds is 5. The number of hydrogen-bond acceptors (Lipinski definition) is 3. The van der Waals surface area contributed by atoms with E-state index in [1.165, 1.54) is 5.56 Å². The van der Waals surface area contributed by atoms with Crippen LogP contribution in [0.1, 0.15) is 25.3 Å². The molecule has 1 aliphatic heterocycles. The number of anilines is 1. The van der Waals surface area contributed by atoms with Crippen LogP contribution in [-0.2, 0) is 11.2 Å². The topological polar surface area (TPSA) is 58.4 Å². The van der Waals surface area contributed by atoms with Crippen molar-refractivity contribution >= 4 is 11.6 Å². The molecule has 0 fully saturated rings. The van der Waals surface area contributed by atoms with Gasteiger partial charge in [-0.2, -0.15) is 0 Å². The first-order valence-electron chi connectivity index (χ1n) is 7.09. The quantitative estimate of drug-likeness (QED) is 0.846. The number of nitrogens with one attached hydrogen (secondary N) is 1. The Bertz CT molecular complexity index is 427. The number of benzene rings is 1. The molecular weight excluding hydrogens is 238 g/mol. The van der Waals surface area contributed by atoms with E-state index in [-0.39, 0.29) is 11.9 Å². The summed E-state index contributed by atoms with van der Waals surface area (Å²) in [5.74, 6) is 0.104. The Morgan fingerprint density at radius 1 is 1.37 bits per heavy atom. The van der Waals surface area contributed by atoms with E-state index >= 15 is 0 Å². The third kappa shape index (κ3) is 3.33. The molecular formula is C15H23N3O. The molecule has 1 amide bonds. The van der Waals surface area contributed by atoms with Gasteiger partial charge < -0.3 is 11.1 Å². The highest BCUT2D eigenvalue weighted by Gasteiger charge is 2.27. The van der Waals surface area contributed by atoms with Crippen LogP contribution in [0.25, 0.3) is 0 Å². The van der Waals surface area contributed by atoms with Gasteiger partial charge >= 0.3 is 0 Å². The number of hydrogen-bond donors (Lipinski definition) is 2. The molecule has 0 aromatic heterocycles. The number of aryl methyl sites for hydroxylation is 1. The van der Waals surface area contributed by atoms with Crippen LogP contribution in [0.4, 0.5) is 5.69 Å². The number of para-hydroxylation sites is 1. The van der Waals surface area contributed by atoms with E-state index in [4.69, 9.17) is 5.73 Å². The van der Waals surface area contributed by atoms with Gasteiger partial charge in [-0.05, 0) is 37.4 Å². The first-order chi connectivity index (χ1) is 9.26. The molecule has 0 aliphatic carbocycles. The van der Waals surface area contributed by atoms with Gasteiger partial charge in [-0.3, -0.25) is 9.69 Å². The summed E-state index contributed by atoms with van der Waals surface area (Å²) in [6.07, 6.45) is 2.84. The highest BCUT2D eigenvalue weighted by molar-refractivity contribution is 5.96. The summed E-state index contributed by atoms with van der Waals surface area (Å²) < 4.78 is 0. The Morgan fingerprint density at radius 2 is 2.16 bits per heavy atom. The summed E-state index contributed by atoms with van der Waals surface area (Å²) in [4.78, 5) is 14.6. The van der Waals surface area contributed by atoms with Crippen LogP contribution in [0.15, 0.2) is 24.3 Å². The van der Waals surface area contributed by atoms with Gasteiger partial charge in [0.05, 0.1) is 6.04 Å². The lowest BCUT2D eigenvalue weighted by molar-refractivity contribution is -0.121. The van der Waals surface area contributed by atoms with E-state index in [0.717, 1.165) is 38.0 Å². The molecule has 104 valence electrons. The first-order valence-corrected chi connectivity index (χ1v) is 7.09. The highest BCUT2D eigenvalue weighted by Crippen LogP contribution is 2.23. The van der Waals surface area contributed by atoms with Gasteiger partial charge in [0.1, 0.15) is 0 Å². The van der Waals surface area contributed by atoms with E-state index in [9.17, 15) is 4.79 Å². The van der Waals surface area contributed by atoms with Crippen LogP contribution in [0.5, 0.6) is 0 Å². The third-order valence-electron chi connectivity index (χ3n) is 3.63. The molecule has 0 bridgehead atoms. The number of carbonyl (C=O) groups excluding carboxylic acids is 1. The van der Waals surface area contributed by atoms with Crippen molar-refractivity contribution in [1.82, 2.24) is 4.90 Å². The minimum absolute atomic E-state index is 0.0594. The number of fused-ring (bicyclic) bond motifs is 1. The molecule has 0 saturated heterocycles. The summed E-state index contributed by atoms with van der Waals surface area (Å²) in [5.41, 5.74) is 7.84. The summed E-state index contributed by atoms with van der Waals surface area (Å²) in [7, 11) is 0. The SMILES string of the molecule is CCCN(CCN)C1CCc2ccccc2NC1=O. The Kier molecular flexibility index (Phi) is 4.93. The molecule has 4 heteroatoms. The van der Waals surface area contributed by atoms with Crippen LogP contribution in [0.3, 0.4) is 0 Å². The number of amides is 1. The second kappa shape index (κ2) is 6.68. The van der Waals surface area contributed by atoms with E-state index in [0.29, 0.717) is 6.54 Å². The lowest BCUT2D eigenvalue weighted by Gasteiger charge is -2.28. The van der Waals surface area contributed by atoms with Crippen LogP contribution < -0.4 is 11.1 Å². The Morgan fingerprint density at radius 3 is 2.89 bits per heavy atom. The van der Waals surface area contributed by atoms with Crippen LogP contribution in [0, 0.1) is 0 Å². The summed E-state index contributed by atoms with van der Waals surface area (Å²) in [5, 5.41) is 3.05. The summed E-state index contributed by atoms with van der Waals surface area (Å²) in [6, 6.07) is 7.99. The first kappa shape index (κ1) is 14.0. The second-order valence-corrected chi connectivity index (χ2v) is 5.03. The monoisotopic (exact) mass is 261 g/mol. The number of nitrogens with zero attached hydrogens (tertiary/aromatic N) is 1. The average molecular weight is 261 g/mol. The standard InChI is InChI=1S/C15H23N3O/c1-2-10-18(11-9-16)14-8-7-12-5-3-4-6-13(12)17-15(14)19/h3-6,14H,2,7-11,16H2,1H3,(H,17,19). The van der Waals surface area contributed by atoms with Crippen molar-refractivity contribution in [1.29, 1.82) is 0 Å². The zero-order valence-corrected chi connectivity index (χ0v) is 11.6. The van der Waals surface area contributed by atoms with Gasteiger partial charge in [0, 0.05) is 18.8 Å². The molecule has 1 unspecified atom stereocenters. The normalized spacial score (nSPS) is 18.9. The van der Waals surface area contributed by atoms with E-state index in [1.54, 1.807) is 0 Å². The molecule has 1 atom stereocenters. The Labute approximate surface area is 115 Å². The molecule has 19 heavy (non-hydrogen) atoms. The van der Waals surface area contributed by atoms with Crippen molar-refractivity contribution in [3.8, 4) is 0 Å². The number of carbonyl (C=O) groups is 1. The zero-order chi connectivity index (χ0) is 13.7.